The Morgan fingerprint density at radius 3 is 2.33 bits per heavy atom. The number of hydrogen-bond acceptors (Lipinski definition) is 2. The summed E-state index contributed by atoms with van der Waals surface area (Å²) in [5, 5.41) is 0. The molecule has 0 saturated carbocycles. The lowest BCUT2D eigenvalue weighted by atomic mass is 10.1. The highest BCUT2D eigenvalue weighted by atomic mass is 19.4. The van der Waals surface area contributed by atoms with Crippen LogP contribution in [0.5, 0.6) is 0 Å². The van der Waals surface area contributed by atoms with Crippen molar-refractivity contribution in [2.45, 2.75) is 25.7 Å². The second kappa shape index (κ2) is 6.15. The van der Waals surface area contributed by atoms with Gasteiger partial charge in [-0.2, -0.15) is 13.2 Å². The maximum atomic E-state index is 13.2. The van der Waals surface area contributed by atoms with Crippen molar-refractivity contribution in [3.63, 3.8) is 0 Å². The summed E-state index contributed by atoms with van der Waals surface area (Å²) in [6.07, 6.45) is -5.04. The molecule has 102 valence electrons. The van der Waals surface area contributed by atoms with Crippen molar-refractivity contribution in [2.24, 2.45) is 5.73 Å². The van der Waals surface area contributed by atoms with Gasteiger partial charge in [0.1, 0.15) is 5.82 Å². The van der Waals surface area contributed by atoms with E-state index >= 15 is 0 Å². The van der Waals surface area contributed by atoms with E-state index < -0.39 is 18.4 Å². The molecule has 2 nitrogen and oxygen atoms in total. The number of hydrogen-bond donors (Lipinski definition) is 1. The maximum absolute atomic E-state index is 13.2. The van der Waals surface area contributed by atoms with E-state index in [4.69, 9.17) is 5.73 Å². The van der Waals surface area contributed by atoms with Crippen molar-refractivity contribution in [3.8, 4) is 0 Å². The normalized spacial score (nSPS) is 12.2. The number of rotatable bonds is 5. The number of halogens is 4. The van der Waals surface area contributed by atoms with E-state index in [2.05, 4.69) is 0 Å². The molecule has 0 bridgehead atoms. The number of alkyl halides is 3. The summed E-state index contributed by atoms with van der Waals surface area (Å²) in [5.74, 6) is -0.419. The van der Waals surface area contributed by atoms with Crippen molar-refractivity contribution >= 4 is 0 Å². The van der Waals surface area contributed by atoms with Crippen LogP contribution in [-0.2, 0) is 13.1 Å². The summed E-state index contributed by atoms with van der Waals surface area (Å²) in [4.78, 5) is 1.50. The van der Waals surface area contributed by atoms with Crippen molar-refractivity contribution in [1.82, 2.24) is 4.90 Å². The Balaban J connectivity index is 2.58. The summed E-state index contributed by atoms with van der Waals surface area (Å²) in [6.45, 7) is 0.357. The summed E-state index contributed by atoms with van der Waals surface area (Å²) in [7, 11) is 1.57. The monoisotopic (exact) mass is 264 g/mol. The van der Waals surface area contributed by atoms with Gasteiger partial charge in [0.15, 0.2) is 0 Å². The molecule has 0 fully saturated rings. The fraction of sp³-hybridized carbons (Fsp3) is 0.500. The number of benzene rings is 1. The molecule has 0 saturated heterocycles. The van der Waals surface area contributed by atoms with Crippen LogP contribution in [0.1, 0.15) is 17.5 Å². The standard InChI is InChI=1S/C12H16F4N2/c1-18(3-2-12(14,15)16)8-10-4-9(7-17)5-11(13)6-10/h4-6H,2-3,7-8,17H2,1H3. The predicted molar refractivity (Wildman–Crippen MR) is 61.3 cm³/mol. The van der Waals surface area contributed by atoms with Gasteiger partial charge in [0.2, 0.25) is 0 Å². The largest absolute Gasteiger partial charge is 0.390 e. The molecule has 0 amide bonds. The lowest BCUT2D eigenvalue weighted by Crippen LogP contribution is -2.24. The molecule has 0 aliphatic carbocycles. The van der Waals surface area contributed by atoms with Gasteiger partial charge >= 0.3 is 6.18 Å². The molecule has 1 rings (SSSR count). The van der Waals surface area contributed by atoms with Crippen molar-refractivity contribution < 1.29 is 17.6 Å². The zero-order valence-electron chi connectivity index (χ0n) is 10.1. The first kappa shape index (κ1) is 14.9. The lowest BCUT2D eigenvalue weighted by Gasteiger charge is -2.18. The summed E-state index contributed by atoms with van der Waals surface area (Å²) in [6, 6.07) is 4.33. The van der Waals surface area contributed by atoms with Crippen LogP contribution >= 0.6 is 0 Å². The summed E-state index contributed by atoms with van der Waals surface area (Å²) in [5.41, 5.74) is 6.66. The average molecular weight is 264 g/mol. The topological polar surface area (TPSA) is 29.3 Å². The zero-order chi connectivity index (χ0) is 13.8. The van der Waals surface area contributed by atoms with Crippen LogP contribution in [0.3, 0.4) is 0 Å². The second-order valence-electron chi connectivity index (χ2n) is 4.27. The minimum atomic E-state index is -4.17. The van der Waals surface area contributed by atoms with Crippen LogP contribution < -0.4 is 5.73 Å². The molecular formula is C12H16F4N2. The fourth-order valence-corrected chi connectivity index (χ4v) is 1.63. The second-order valence-corrected chi connectivity index (χ2v) is 4.27. The first-order chi connectivity index (χ1) is 8.30. The van der Waals surface area contributed by atoms with Crippen LogP contribution in [0.15, 0.2) is 18.2 Å². The SMILES string of the molecule is CN(CCC(F)(F)F)Cc1cc(F)cc(CN)c1. The predicted octanol–water partition coefficient (Wildman–Crippen LogP) is 2.67. The Bertz CT molecular complexity index is 390. The molecule has 0 heterocycles. The van der Waals surface area contributed by atoms with Crippen LogP contribution in [0, 0.1) is 5.82 Å². The molecule has 1 aromatic carbocycles. The van der Waals surface area contributed by atoms with E-state index in [1.807, 2.05) is 0 Å². The van der Waals surface area contributed by atoms with Crippen molar-refractivity contribution in [2.75, 3.05) is 13.6 Å². The Morgan fingerprint density at radius 1 is 1.17 bits per heavy atom. The van der Waals surface area contributed by atoms with E-state index in [-0.39, 0.29) is 19.6 Å². The van der Waals surface area contributed by atoms with E-state index in [0.717, 1.165) is 0 Å². The molecule has 0 aliphatic heterocycles. The smallest absolute Gasteiger partial charge is 0.326 e. The Morgan fingerprint density at radius 2 is 1.78 bits per heavy atom. The average Bonchev–Trinajstić information content (AvgIpc) is 2.24. The quantitative estimate of drug-likeness (QED) is 0.828. The third-order valence-corrected chi connectivity index (χ3v) is 2.48. The van der Waals surface area contributed by atoms with Gasteiger partial charge in [0.25, 0.3) is 0 Å². The van der Waals surface area contributed by atoms with Gasteiger partial charge < -0.3 is 10.6 Å². The minimum absolute atomic E-state index is 0.113. The molecule has 0 radical (unpaired) electrons. The lowest BCUT2D eigenvalue weighted by molar-refractivity contribution is -0.137. The van der Waals surface area contributed by atoms with Crippen LogP contribution in [0.2, 0.25) is 0 Å². The molecule has 18 heavy (non-hydrogen) atoms. The molecule has 1 aromatic rings. The minimum Gasteiger partial charge on any atom is -0.326 e. The first-order valence-corrected chi connectivity index (χ1v) is 5.54. The Kier molecular flexibility index (Phi) is 5.10. The third-order valence-electron chi connectivity index (χ3n) is 2.48. The van der Waals surface area contributed by atoms with Crippen molar-refractivity contribution in [3.05, 3.63) is 35.1 Å². The van der Waals surface area contributed by atoms with E-state index in [1.54, 1.807) is 13.1 Å². The Hall–Kier alpha value is -1.14. The summed E-state index contributed by atoms with van der Waals surface area (Å²) < 4.78 is 49.3. The highest BCUT2D eigenvalue weighted by Gasteiger charge is 2.27. The van der Waals surface area contributed by atoms with Crippen LogP contribution in [0.4, 0.5) is 17.6 Å². The molecule has 0 unspecified atom stereocenters. The van der Waals surface area contributed by atoms with Gasteiger partial charge in [-0.15, -0.1) is 0 Å². The Labute approximate surface area is 103 Å². The van der Waals surface area contributed by atoms with Crippen LogP contribution in [0.25, 0.3) is 0 Å². The van der Waals surface area contributed by atoms with E-state index in [0.29, 0.717) is 11.1 Å². The van der Waals surface area contributed by atoms with Gasteiger partial charge in [-0.05, 0) is 30.3 Å². The van der Waals surface area contributed by atoms with Crippen LogP contribution in [-0.4, -0.2) is 24.7 Å². The fourth-order valence-electron chi connectivity index (χ4n) is 1.63. The third kappa shape index (κ3) is 5.46. The molecular weight excluding hydrogens is 248 g/mol. The number of nitrogens with two attached hydrogens (primary N) is 1. The first-order valence-electron chi connectivity index (χ1n) is 5.54. The summed E-state index contributed by atoms with van der Waals surface area (Å²) >= 11 is 0. The van der Waals surface area contributed by atoms with Gasteiger partial charge in [-0.25, -0.2) is 4.39 Å². The van der Waals surface area contributed by atoms with Gasteiger partial charge in [-0.1, -0.05) is 6.07 Å². The zero-order valence-corrected chi connectivity index (χ0v) is 10.1. The van der Waals surface area contributed by atoms with Gasteiger partial charge in [0.05, 0.1) is 6.42 Å². The highest BCUT2D eigenvalue weighted by molar-refractivity contribution is 5.24. The highest BCUT2D eigenvalue weighted by Crippen LogP contribution is 2.20. The molecule has 0 aromatic heterocycles. The molecule has 2 N–H and O–H groups in total. The molecule has 0 atom stereocenters. The van der Waals surface area contributed by atoms with Gasteiger partial charge in [-0.3, -0.25) is 0 Å². The maximum Gasteiger partial charge on any atom is 0.390 e. The van der Waals surface area contributed by atoms with E-state index in [9.17, 15) is 17.6 Å². The molecule has 6 heteroatoms. The molecule has 0 spiro atoms. The van der Waals surface area contributed by atoms with Gasteiger partial charge in [0, 0.05) is 19.6 Å². The van der Waals surface area contributed by atoms with E-state index in [1.165, 1.54) is 17.0 Å². The molecule has 0 aliphatic rings. The number of nitrogens with zero attached hydrogens (tertiary/aromatic N) is 1. The van der Waals surface area contributed by atoms with Crippen molar-refractivity contribution in [1.29, 1.82) is 0 Å².